The van der Waals surface area contributed by atoms with E-state index < -0.39 is 40.5 Å². The molecule has 1 aromatic carbocycles. The number of benzene rings is 1. The predicted molar refractivity (Wildman–Crippen MR) is 61.4 cm³/mol. The summed E-state index contributed by atoms with van der Waals surface area (Å²) in [6.45, 7) is -0.0566. The Kier molecular flexibility index (Phi) is 3.16. The van der Waals surface area contributed by atoms with Gasteiger partial charge in [-0.25, -0.2) is 22.0 Å². The third-order valence-electron chi connectivity index (χ3n) is 3.29. The highest BCUT2D eigenvalue weighted by molar-refractivity contribution is 5.58. The van der Waals surface area contributed by atoms with Crippen LogP contribution >= 0.6 is 0 Å². The maximum absolute atomic E-state index is 13.8. The van der Waals surface area contributed by atoms with Gasteiger partial charge in [0.05, 0.1) is 12.1 Å². The lowest BCUT2D eigenvalue weighted by molar-refractivity contribution is 0.380. The number of aromatic nitrogens is 3. The summed E-state index contributed by atoms with van der Waals surface area (Å²) in [5.74, 6) is -10.2. The molecule has 2 aromatic rings. The Balaban J connectivity index is 2.29. The van der Waals surface area contributed by atoms with Gasteiger partial charge in [0.15, 0.2) is 29.1 Å². The van der Waals surface area contributed by atoms with Crippen molar-refractivity contribution in [1.82, 2.24) is 14.8 Å². The largest absolute Gasteiger partial charge is 0.324 e. The van der Waals surface area contributed by atoms with E-state index >= 15 is 0 Å². The first-order chi connectivity index (χ1) is 9.97. The summed E-state index contributed by atoms with van der Waals surface area (Å²) in [7, 11) is 0. The molecule has 0 atom stereocenters. The van der Waals surface area contributed by atoms with E-state index in [0.29, 0.717) is 12.8 Å². The number of nitrogens with zero attached hydrogens (tertiary/aromatic N) is 3. The van der Waals surface area contributed by atoms with Crippen LogP contribution in [0, 0.1) is 29.1 Å². The van der Waals surface area contributed by atoms with E-state index in [9.17, 15) is 22.0 Å². The van der Waals surface area contributed by atoms with Gasteiger partial charge in [-0.15, -0.1) is 10.2 Å². The molecule has 0 unspecified atom stereocenters. The Bertz CT molecular complexity index is 694. The Labute approximate surface area is 115 Å². The van der Waals surface area contributed by atoms with Gasteiger partial charge in [0.1, 0.15) is 5.82 Å². The second-order valence-corrected chi connectivity index (χ2v) is 4.69. The molecule has 0 spiro atoms. The number of hydrogen-bond donors (Lipinski definition) is 1. The Morgan fingerprint density at radius 2 is 1.43 bits per heavy atom. The topological polar surface area (TPSA) is 56.7 Å². The molecule has 1 saturated carbocycles. The van der Waals surface area contributed by atoms with Crippen LogP contribution in [0.5, 0.6) is 0 Å². The predicted octanol–water partition coefficient (Wildman–Crippen LogP) is 2.43. The molecule has 1 heterocycles. The second kappa shape index (κ2) is 4.76. The first-order valence-corrected chi connectivity index (χ1v) is 6.13. The van der Waals surface area contributed by atoms with Crippen molar-refractivity contribution in [3.05, 3.63) is 34.9 Å². The van der Waals surface area contributed by atoms with Crippen molar-refractivity contribution in [2.24, 2.45) is 5.73 Å². The summed E-state index contributed by atoms with van der Waals surface area (Å²) in [5.41, 5.74) is 4.37. The molecule has 0 bridgehead atoms. The fourth-order valence-corrected chi connectivity index (χ4v) is 2.15. The van der Waals surface area contributed by atoms with Crippen molar-refractivity contribution >= 4 is 0 Å². The SMILES string of the molecule is NCc1nnc(-c2c(F)c(F)c(F)c(F)c2F)n1C1CC1. The molecule has 0 aliphatic heterocycles. The Morgan fingerprint density at radius 3 is 1.90 bits per heavy atom. The number of halogens is 5. The molecule has 1 aliphatic carbocycles. The summed E-state index contributed by atoms with van der Waals surface area (Å²) in [5, 5.41) is 7.20. The summed E-state index contributed by atoms with van der Waals surface area (Å²) >= 11 is 0. The third-order valence-corrected chi connectivity index (χ3v) is 3.29. The van der Waals surface area contributed by atoms with Crippen molar-refractivity contribution in [2.75, 3.05) is 0 Å². The van der Waals surface area contributed by atoms with Crippen molar-refractivity contribution in [3.8, 4) is 11.4 Å². The van der Waals surface area contributed by atoms with Crippen LogP contribution in [0.15, 0.2) is 0 Å². The molecule has 2 N–H and O–H groups in total. The van der Waals surface area contributed by atoms with Gasteiger partial charge < -0.3 is 10.3 Å². The molecule has 1 aliphatic rings. The van der Waals surface area contributed by atoms with Crippen molar-refractivity contribution in [1.29, 1.82) is 0 Å². The minimum Gasteiger partial charge on any atom is -0.324 e. The highest BCUT2D eigenvalue weighted by Gasteiger charge is 2.34. The minimum atomic E-state index is -2.20. The van der Waals surface area contributed by atoms with E-state index in [0.717, 1.165) is 0 Å². The molecule has 112 valence electrons. The fraction of sp³-hybridized carbons (Fsp3) is 0.333. The van der Waals surface area contributed by atoms with Gasteiger partial charge in [0, 0.05) is 6.04 Å². The first kappa shape index (κ1) is 13.9. The van der Waals surface area contributed by atoms with Gasteiger partial charge in [0.2, 0.25) is 5.82 Å². The highest BCUT2D eigenvalue weighted by Crippen LogP contribution is 2.40. The van der Waals surface area contributed by atoms with Crippen molar-refractivity contribution in [2.45, 2.75) is 25.4 Å². The summed E-state index contributed by atoms with van der Waals surface area (Å²) in [4.78, 5) is 0. The monoisotopic (exact) mass is 304 g/mol. The van der Waals surface area contributed by atoms with Crippen LogP contribution in [0.1, 0.15) is 24.7 Å². The summed E-state index contributed by atoms with van der Waals surface area (Å²) in [6, 6.07) is -0.136. The second-order valence-electron chi connectivity index (χ2n) is 4.69. The molecule has 3 rings (SSSR count). The van der Waals surface area contributed by atoms with Crippen LogP contribution in [0.4, 0.5) is 22.0 Å². The van der Waals surface area contributed by atoms with Crippen LogP contribution < -0.4 is 5.73 Å². The lowest BCUT2D eigenvalue weighted by Crippen LogP contribution is -2.11. The smallest absolute Gasteiger partial charge is 0.200 e. The maximum atomic E-state index is 13.8. The molecular weight excluding hydrogens is 295 g/mol. The molecule has 0 radical (unpaired) electrons. The number of nitrogens with two attached hydrogens (primary N) is 1. The maximum Gasteiger partial charge on any atom is 0.200 e. The molecule has 4 nitrogen and oxygen atoms in total. The van der Waals surface area contributed by atoms with E-state index in [1.807, 2.05) is 0 Å². The zero-order chi connectivity index (χ0) is 15.3. The van der Waals surface area contributed by atoms with Gasteiger partial charge in [-0.2, -0.15) is 0 Å². The van der Waals surface area contributed by atoms with Gasteiger partial charge in [0.25, 0.3) is 0 Å². The van der Waals surface area contributed by atoms with Crippen molar-refractivity contribution in [3.63, 3.8) is 0 Å². The fourth-order valence-electron chi connectivity index (χ4n) is 2.15. The number of rotatable bonds is 3. The van der Waals surface area contributed by atoms with Gasteiger partial charge in [-0.1, -0.05) is 0 Å². The number of hydrogen-bond acceptors (Lipinski definition) is 3. The molecule has 0 amide bonds. The Hall–Kier alpha value is -2.03. The van der Waals surface area contributed by atoms with Crippen LogP contribution in [0.3, 0.4) is 0 Å². The van der Waals surface area contributed by atoms with Crippen LogP contribution in [-0.4, -0.2) is 14.8 Å². The van der Waals surface area contributed by atoms with Crippen LogP contribution in [0.25, 0.3) is 11.4 Å². The zero-order valence-electron chi connectivity index (χ0n) is 10.5. The molecule has 9 heteroatoms. The average molecular weight is 304 g/mol. The lowest BCUT2D eigenvalue weighted by atomic mass is 10.1. The van der Waals surface area contributed by atoms with Crippen LogP contribution in [0.2, 0.25) is 0 Å². The molecule has 0 saturated heterocycles. The van der Waals surface area contributed by atoms with Gasteiger partial charge in [-0.05, 0) is 12.8 Å². The van der Waals surface area contributed by atoms with Gasteiger partial charge in [-0.3, -0.25) is 0 Å². The Morgan fingerprint density at radius 1 is 0.905 bits per heavy atom. The van der Waals surface area contributed by atoms with E-state index in [4.69, 9.17) is 5.73 Å². The van der Waals surface area contributed by atoms with E-state index in [2.05, 4.69) is 10.2 Å². The van der Waals surface area contributed by atoms with E-state index in [-0.39, 0.29) is 18.4 Å². The van der Waals surface area contributed by atoms with E-state index in [1.165, 1.54) is 4.57 Å². The normalized spacial score (nSPS) is 14.8. The molecular formula is C12H9F5N4. The first-order valence-electron chi connectivity index (χ1n) is 6.13. The third kappa shape index (κ3) is 1.99. The molecule has 1 fully saturated rings. The summed E-state index contributed by atoms with van der Waals surface area (Å²) in [6.07, 6.45) is 1.40. The van der Waals surface area contributed by atoms with Crippen LogP contribution in [-0.2, 0) is 6.54 Å². The standard InChI is InChI=1S/C12H9F5N4/c13-7-6(8(14)10(16)11(17)9(7)15)12-20-19-5(3-18)21(12)4-1-2-4/h4H,1-3,18H2. The highest BCUT2D eigenvalue weighted by atomic mass is 19.2. The van der Waals surface area contributed by atoms with Gasteiger partial charge >= 0.3 is 0 Å². The molecule has 21 heavy (non-hydrogen) atoms. The van der Waals surface area contributed by atoms with E-state index in [1.54, 1.807) is 0 Å². The summed E-state index contributed by atoms with van der Waals surface area (Å²) < 4.78 is 68.6. The lowest BCUT2D eigenvalue weighted by Gasteiger charge is -2.10. The average Bonchev–Trinajstić information content (AvgIpc) is 3.23. The minimum absolute atomic E-state index is 0.0566. The van der Waals surface area contributed by atoms with Crippen molar-refractivity contribution < 1.29 is 22.0 Å². The quantitative estimate of drug-likeness (QED) is 0.538. The zero-order valence-corrected chi connectivity index (χ0v) is 10.5. The molecule has 1 aromatic heterocycles.